The van der Waals surface area contributed by atoms with E-state index in [1.54, 1.807) is 11.3 Å². The fourth-order valence-corrected chi connectivity index (χ4v) is 3.55. The second-order valence-corrected chi connectivity index (χ2v) is 6.15. The molecule has 0 saturated carbocycles. The van der Waals surface area contributed by atoms with Gasteiger partial charge in [-0.1, -0.05) is 12.1 Å². The fraction of sp³-hybridized carbons (Fsp3) is 0.312. The molecule has 20 heavy (non-hydrogen) atoms. The van der Waals surface area contributed by atoms with Gasteiger partial charge in [0.25, 0.3) is 0 Å². The number of nitrogens with zero attached hydrogens (tertiary/aromatic N) is 1. The lowest BCUT2D eigenvalue weighted by molar-refractivity contribution is -0.119. The van der Waals surface area contributed by atoms with Crippen molar-refractivity contribution >= 4 is 28.6 Å². The van der Waals surface area contributed by atoms with Crippen LogP contribution in [-0.2, 0) is 11.2 Å². The third-order valence-corrected chi connectivity index (χ3v) is 4.95. The van der Waals surface area contributed by atoms with E-state index in [-0.39, 0.29) is 11.8 Å². The minimum Gasteiger partial charge on any atom is -0.398 e. The first kappa shape index (κ1) is 13.2. The molecule has 1 amide bonds. The van der Waals surface area contributed by atoms with Gasteiger partial charge in [-0.25, -0.2) is 0 Å². The third-order valence-electron chi connectivity index (χ3n) is 3.89. The van der Waals surface area contributed by atoms with E-state index >= 15 is 0 Å². The molecule has 0 aliphatic carbocycles. The molecule has 0 bridgehead atoms. The number of benzene rings is 1. The molecule has 104 valence electrons. The quantitative estimate of drug-likeness (QED) is 0.860. The average molecular weight is 286 g/mol. The lowest BCUT2D eigenvalue weighted by Gasteiger charge is -2.32. The van der Waals surface area contributed by atoms with Crippen LogP contribution in [0.3, 0.4) is 0 Å². The van der Waals surface area contributed by atoms with Crippen molar-refractivity contribution in [2.75, 3.05) is 17.2 Å². The zero-order chi connectivity index (χ0) is 14.1. The summed E-state index contributed by atoms with van der Waals surface area (Å²) >= 11 is 1.64. The molecule has 3 rings (SSSR count). The van der Waals surface area contributed by atoms with Crippen molar-refractivity contribution in [2.24, 2.45) is 0 Å². The highest BCUT2D eigenvalue weighted by Crippen LogP contribution is 2.34. The Morgan fingerprint density at radius 3 is 2.95 bits per heavy atom. The summed E-state index contributed by atoms with van der Waals surface area (Å²) in [6, 6.07) is 9.86. The standard InChI is InChI=1S/C16H18N2OS/c1-11(15-8-4-10-20-15)16(19)18-9-3-5-12-13(17)6-2-7-14(12)18/h2,4,6-8,10-11H,3,5,9,17H2,1H3. The molecule has 4 heteroatoms. The number of rotatable bonds is 2. The highest BCUT2D eigenvalue weighted by molar-refractivity contribution is 7.10. The minimum absolute atomic E-state index is 0.0950. The van der Waals surface area contributed by atoms with Crippen LogP contribution in [0.15, 0.2) is 35.7 Å². The molecule has 3 nitrogen and oxygen atoms in total. The van der Waals surface area contributed by atoms with Crippen molar-refractivity contribution in [3.8, 4) is 0 Å². The molecular formula is C16H18N2OS. The molecule has 0 fully saturated rings. The molecule has 1 unspecified atom stereocenters. The van der Waals surface area contributed by atoms with E-state index in [4.69, 9.17) is 5.73 Å². The van der Waals surface area contributed by atoms with Gasteiger partial charge in [-0.3, -0.25) is 4.79 Å². The average Bonchev–Trinajstić information content (AvgIpc) is 3.00. The maximum absolute atomic E-state index is 12.8. The molecule has 2 heterocycles. The van der Waals surface area contributed by atoms with Crippen LogP contribution in [0.5, 0.6) is 0 Å². The second kappa shape index (κ2) is 5.29. The largest absolute Gasteiger partial charge is 0.398 e. The number of anilines is 2. The summed E-state index contributed by atoms with van der Waals surface area (Å²) in [5.41, 5.74) is 8.94. The molecule has 1 aromatic carbocycles. The van der Waals surface area contributed by atoms with Crippen LogP contribution in [-0.4, -0.2) is 12.5 Å². The fourth-order valence-electron chi connectivity index (χ4n) is 2.77. The van der Waals surface area contributed by atoms with Gasteiger partial charge < -0.3 is 10.6 Å². The van der Waals surface area contributed by atoms with Crippen molar-refractivity contribution < 1.29 is 4.79 Å². The number of carbonyl (C=O) groups excluding carboxylic acids is 1. The predicted octanol–water partition coefficient (Wildman–Crippen LogP) is 3.41. The number of carbonyl (C=O) groups is 1. The van der Waals surface area contributed by atoms with Crippen molar-refractivity contribution in [3.63, 3.8) is 0 Å². The van der Waals surface area contributed by atoms with Crippen LogP contribution in [0.1, 0.15) is 29.7 Å². The van der Waals surface area contributed by atoms with Gasteiger partial charge in [0.1, 0.15) is 0 Å². The number of hydrogen-bond donors (Lipinski definition) is 1. The number of amides is 1. The summed E-state index contributed by atoms with van der Waals surface area (Å²) in [5, 5.41) is 2.02. The summed E-state index contributed by atoms with van der Waals surface area (Å²) in [6.07, 6.45) is 1.93. The summed E-state index contributed by atoms with van der Waals surface area (Å²) < 4.78 is 0. The van der Waals surface area contributed by atoms with Crippen LogP contribution >= 0.6 is 11.3 Å². The molecule has 0 spiro atoms. The number of nitrogen functional groups attached to an aromatic ring is 1. The smallest absolute Gasteiger partial charge is 0.235 e. The first-order valence-electron chi connectivity index (χ1n) is 6.90. The highest BCUT2D eigenvalue weighted by atomic mass is 32.1. The maximum atomic E-state index is 12.8. The first-order chi connectivity index (χ1) is 9.68. The van der Waals surface area contributed by atoms with Crippen molar-refractivity contribution in [1.29, 1.82) is 0 Å². The molecular weight excluding hydrogens is 268 g/mol. The monoisotopic (exact) mass is 286 g/mol. The first-order valence-corrected chi connectivity index (χ1v) is 7.78. The van der Waals surface area contributed by atoms with Crippen LogP contribution in [0.4, 0.5) is 11.4 Å². The molecule has 1 aromatic heterocycles. The van der Waals surface area contributed by atoms with E-state index < -0.39 is 0 Å². The number of nitrogens with two attached hydrogens (primary N) is 1. The van der Waals surface area contributed by atoms with Gasteiger partial charge in [0.15, 0.2) is 0 Å². The third kappa shape index (κ3) is 2.20. The maximum Gasteiger partial charge on any atom is 0.235 e. The number of hydrogen-bond acceptors (Lipinski definition) is 3. The van der Waals surface area contributed by atoms with Crippen molar-refractivity contribution in [1.82, 2.24) is 0 Å². The highest BCUT2D eigenvalue weighted by Gasteiger charge is 2.28. The Morgan fingerprint density at radius 2 is 2.20 bits per heavy atom. The molecule has 1 aliphatic rings. The predicted molar refractivity (Wildman–Crippen MR) is 84.3 cm³/mol. The van der Waals surface area contributed by atoms with Gasteiger partial charge in [0.2, 0.25) is 5.91 Å². The summed E-state index contributed by atoms with van der Waals surface area (Å²) in [5.74, 6) is 0.0707. The summed E-state index contributed by atoms with van der Waals surface area (Å²) in [4.78, 5) is 15.8. The lowest BCUT2D eigenvalue weighted by Crippen LogP contribution is -2.38. The molecule has 1 atom stereocenters. The van der Waals surface area contributed by atoms with Crippen molar-refractivity contribution in [2.45, 2.75) is 25.7 Å². The Kier molecular flexibility index (Phi) is 3.49. The van der Waals surface area contributed by atoms with E-state index in [9.17, 15) is 4.79 Å². The molecule has 0 radical (unpaired) electrons. The Bertz CT molecular complexity index is 621. The molecule has 2 N–H and O–H groups in total. The normalized spacial score (nSPS) is 15.8. The Morgan fingerprint density at radius 1 is 1.35 bits per heavy atom. The van der Waals surface area contributed by atoms with Crippen LogP contribution in [0, 0.1) is 0 Å². The summed E-state index contributed by atoms with van der Waals surface area (Å²) in [6.45, 7) is 2.76. The van der Waals surface area contributed by atoms with E-state index in [2.05, 4.69) is 0 Å². The van der Waals surface area contributed by atoms with Crippen LogP contribution in [0.2, 0.25) is 0 Å². The molecule has 0 saturated heterocycles. The van der Waals surface area contributed by atoms with Gasteiger partial charge in [-0.05, 0) is 48.9 Å². The van der Waals surface area contributed by atoms with Gasteiger partial charge in [-0.15, -0.1) is 11.3 Å². The van der Waals surface area contributed by atoms with Gasteiger partial charge in [0, 0.05) is 22.8 Å². The van der Waals surface area contributed by atoms with Crippen molar-refractivity contribution in [3.05, 3.63) is 46.2 Å². The van der Waals surface area contributed by atoms with E-state index in [0.29, 0.717) is 0 Å². The zero-order valence-corrected chi connectivity index (χ0v) is 12.3. The second-order valence-electron chi connectivity index (χ2n) is 5.18. The van der Waals surface area contributed by atoms with Gasteiger partial charge in [0.05, 0.1) is 5.92 Å². The number of fused-ring (bicyclic) bond motifs is 1. The van der Waals surface area contributed by atoms with E-state index in [0.717, 1.165) is 41.2 Å². The topological polar surface area (TPSA) is 46.3 Å². The van der Waals surface area contributed by atoms with Gasteiger partial charge in [-0.2, -0.15) is 0 Å². The Hall–Kier alpha value is -1.81. The van der Waals surface area contributed by atoms with E-state index in [1.165, 1.54) is 0 Å². The summed E-state index contributed by atoms with van der Waals surface area (Å²) in [7, 11) is 0. The molecule has 1 aliphatic heterocycles. The Balaban J connectivity index is 1.93. The van der Waals surface area contributed by atoms with E-state index in [1.807, 2.05) is 47.5 Å². The lowest BCUT2D eigenvalue weighted by atomic mass is 9.98. The Labute approximate surface area is 123 Å². The number of thiophene rings is 1. The van der Waals surface area contributed by atoms with Gasteiger partial charge >= 0.3 is 0 Å². The zero-order valence-electron chi connectivity index (χ0n) is 11.5. The van der Waals surface area contributed by atoms with Crippen LogP contribution in [0.25, 0.3) is 0 Å². The van der Waals surface area contributed by atoms with Crippen LogP contribution < -0.4 is 10.6 Å². The minimum atomic E-state index is -0.0950. The SMILES string of the molecule is CC(C(=O)N1CCCc2c(N)cccc21)c1cccs1. The molecule has 2 aromatic rings.